The number of rotatable bonds is 3. The summed E-state index contributed by atoms with van der Waals surface area (Å²) in [4.78, 5) is 26.5. The Bertz CT molecular complexity index is 854. The van der Waals surface area contributed by atoms with Gasteiger partial charge in [0.2, 0.25) is 0 Å². The van der Waals surface area contributed by atoms with Crippen LogP contribution in [0.5, 0.6) is 0 Å². The standard InChI is InChI=1S/C19H22FN3O2/c1-13-6-8-15(19(25)22(13)2)18(24)21-14-7-9-17(16(20)12-14)23-10-4-3-5-11-23/h6-9,12H,3-5,10-11H2,1-2H3,(H,21,24). The molecule has 0 saturated carbocycles. The maximum atomic E-state index is 14.4. The van der Waals surface area contributed by atoms with Crippen LogP contribution in [0.2, 0.25) is 0 Å². The van der Waals surface area contributed by atoms with Crippen LogP contribution in [0.15, 0.2) is 35.1 Å². The minimum atomic E-state index is -0.536. The highest BCUT2D eigenvalue weighted by Gasteiger charge is 2.17. The van der Waals surface area contributed by atoms with Gasteiger partial charge in [0.15, 0.2) is 0 Å². The third-order valence-corrected chi connectivity index (χ3v) is 4.70. The fourth-order valence-corrected chi connectivity index (χ4v) is 3.08. The van der Waals surface area contributed by atoms with E-state index in [1.54, 1.807) is 32.2 Å². The molecule has 0 bridgehead atoms. The number of amides is 1. The number of halogens is 1. The summed E-state index contributed by atoms with van der Waals surface area (Å²) in [5, 5.41) is 2.61. The Morgan fingerprint density at radius 1 is 1.12 bits per heavy atom. The smallest absolute Gasteiger partial charge is 0.263 e. The number of carbonyl (C=O) groups is 1. The molecule has 25 heavy (non-hydrogen) atoms. The molecule has 0 aliphatic carbocycles. The van der Waals surface area contributed by atoms with Gasteiger partial charge in [0, 0.05) is 31.5 Å². The molecule has 1 fully saturated rings. The number of carbonyl (C=O) groups excluding carboxylic acids is 1. The van der Waals surface area contributed by atoms with Crippen molar-refractivity contribution in [2.24, 2.45) is 7.05 Å². The second kappa shape index (κ2) is 7.09. The van der Waals surface area contributed by atoms with Crippen molar-refractivity contribution in [3.63, 3.8) is 0 Å². The summed E-state index contributed by atoms with van der Waals surface area (Å²) in [5.41, 5.74) is 1.32. The Balaban J connectivity index is 1.79. The molecular formula is C19H22FN3O2. The zero-order valence-electron chi connectivity index (χ0n) is 14.5. The molecule has 1 aliphatic heterocycles. The Morgan fingerprint density at radius 2 is 1.84 bits per heavy atom. The summed E-state index contributed by atoms with van der Waals surface area (Å²) < 4.78 is 15.8. The predicted molar refractivity (Wildman–Crippen MR) is 96.8 cm³/mol. The quantitative estimate of drug-likeness (QED) is 0.932. The van der Waals surface area contributed by atoms with Gasteiger partial charge in [0.1, 0.15) is 11.4 Å². The van der Waals surface area contributed by atoms with Crippen molar-refractivity contribution in [1.82, 2.24) is 4.57 Å². The first-order chi connectivity index (χ1) is 12.0. The molecule has 132 valence electrons. The van der Waals surface area contributed by atoms with E-state index in [0.717, 1.165) is 31.6 Å². The summed E-state index contributed by atoms with van der Waals surface area (Å²) in [5.74, 6) is -0.901. The summed E-state index contributed by atoms with van der Waals surface area (Å²) in [6.07, 6.45) is 3.31. The minimum Gasteiger partial charge on any atom is -0.369 e. The largest absolute Gasteiger partial charge is 0.369 e. The number of anilines is 2. The zero-order valence-corrected chi connectivity index (χ0v) is 14.5. The highest BCUT2D eigenvalue weighted by Crippen LogP contribution is 2.25. The number of pyridine rings is 1. The number of piperidine rings is 1. The fraction of sp³-hybridized carbons (Fsp3) is 0.368. The first-order valence-corrected chi connectivity index (χ1v) is 8.50. The molecule has 2 heterocycles. The SMILES string of the molecule is Cc1ccc(C(=O)Nc2ccc(N3CCCCC3)c(F)c2)c(=O)n1C. The second-order valence-corrected chi connectivity index (χ2v) is 6.42. The van der Waals surface area contributed by atoms with Crippen molar-refractivity contribution < 1.29 is 9.18 Å². The average molecular weight is 343 g/mol. The number of nitrogens with zero attached hydrogens (tertiary/aromatic N) is 2. The van der Waals surface area contributed by atoms with Gasteiger partial charge in [-0.05, 0) is 56.5 Å². The van der Waals surface area contributed by atoms with Gasteiger partial charge >= 0.3 is 0 Å². The molecular weight excluding hydrogens is 321 g/mol. The van der Waals surface area contributed by atoms with Crippen LogP contribution in [-0.4, -0.2) is 23.6 Å². The molecule has 1 aromatic carbocycles. The van der Waals surface area contributed by atoms with Gasteiger partial charge in [-0.15, -0.1) is 0 Å². The van der Waals surface area contributed by atoms with Crippen molar-refractivity contribution in [3.05, 3.63) is 57.8 Å². The molecule has 0 radical (unpaired) electrons. The van der Waals surface area contributed by atoms with Crippen molar-refractivity contribution in [2.45, 2.75) is 26.2 Å². The van der Waals surface area contributed by atoms with Gasteiger partial charge in [0.05, 0.1) is 5.69 Å². The number of hydrogen-bond donors (Lipinski definition) is 1. The summed E-state index contributed by atoms with van der Waals surface area (Å²) >= 11 is 0. The molecule has 2 aromatic rings. The monoisotopic (exact) mass is 343 g/mol. The van der Waals surface area contributed by atoms with E-state index in [1.165, 1.54) is 23.1 Å². The maximum absolute atomic E-state index is 14.4. The van der Waals surface area contributed by atoms with Crippen molar-refractivity contribution in [3.8, 4) is 0 Å². The Morgan fingerprint density at radius 3 is 2.52 bits per heavy atom. The van der Waals surface area contributed by atoms with Crippen LogP contribution in [0.25, 0.3) is 0 Å². The Kier molecular flexibility index (Phi) is 4.88. The molecule has 1 aliphatic rings. The van der Waals surface area contributed by atoms with E-state index in [2.05, 4.69) is 5.32 Å². The lowest BCUT2D eigenvalue weighted by atomic mass is 10.1. The number of aryl methyl sites for hydroxylation is 1. The van der Waals surface area contributed by atoms with Crippen molar-refractivity contribution >= 4 is 17.3 Å². The van der Waals surface area contributed by atoms with E-state index < -0.39 is 5.91 Å². The highest BCUT2D eigenvalue weighted by atomic mass is 19.1. The van der Waals surface area contributed by atoms with E-state index in [9.17, 15) is 14.0 Å². The summed E-state index contributed by atoms with van der Waals surface area (Å²) in [7, 11) is 1.61. The normalized spacial score (nSPS) is 14.4. The molecule has 1 aromatic heterocycles. The first kappa shape index (κ1) is 17.2. The van der Waals surface area contributed by atoms with Crippen LogP contribution in [0.1, 0.15) is 35.3 Å². The molecule has 1 N–H and O–H groups in total. The van der Waals surface area contributed by atoms with Gasteiger partial charge in [-0.1, -0.05) is 0 Å². The molecule has 0 unspecified atom stereocenters. The summed E-state index contributed by atoms with van der Waals surface area (Å²) in [6.45, 7) is 3.49. The third-order valence-electron chi connectivity index (χ3n) is 4.70. The lowest BCUT2D eigenvalue weighted by Gasteiger charge is -2.29. The molecule has 1 amide bonds. The topological polar surface area (TPSA) is 54.3 Å². The van der Waals surface area contributed by atoms with Gasteiger partial charge < -0.3 is 14.8 Å². The van der Waals surface area contributed by atoms with E-state index in [4.69, 9.17) is 0 Å². The lowest BCUT2D eigenvalue weighted by molar-refractivity contribution is 0.102. The Hall–Kier alpha value is -2.63. The molecule has 0 spiro atoms. The van der Waals surface area contributed by atoms with E-state index in [0.29, 0.717) is 11.4 Å². The van der Waals surface area contributed by atoms with E-state index in [-0.39, 0.29) is 16.9 Å². The first-order valence-electron chi connectivity index (χ1n) is 8.50. The predicted octanol–water partition coefficient (Wildman–Crippen LogP) is 3.08. The fourth-order valence-electron chi connectivity index (χ4n) is 3.08. The van der Waals surface area contributed by atoms with Gasteiger partial charge in [-0.3, -0.25) is 9.59 Å². The van der Waals surface area contributed by atoms with Crippen LogP contribution in [0.3, 0.4) is 0 Å². The van der Waals surface area contributed by atoms with Crippen molar-refractivity contribution in [1.29, 1.82) is 0 Å². The number of nitrogens with one attached hydrogen (secondary N) is 1. The molecule has 6 heteroatoms. The molecule has 5 nitrogen and oxygen atoms in total. The lowest BCUT2D eigenvalue weighted by Crippen LogP contribution is -2.30. The van der Waals surface area contributed by atoms with Crippen molar-refractivity contribution in [2.75, 3.05) is 23.3 Å². The molecule has 3 rings (SSSR count). The van der Waals surface area contributed by atoms with Crippen LogP contribution in [0, 0.1) is 12.7 Å². The number of hydrogen-bond acceptors (Lipinski definition) is 3. The maximum Gasteiger partial charge on any atom is 0.263 e. The second-order valence-electron chi connectivity index (χ2n) is 6.42. The summed E-state index contributed by atoms with van der Waals surface area (Å²) in [6, 6.07) is 7.86. The van der Waals surface area contributed by atoms with Crippen LogP contribution in [-0.2, 0) is 7.05 Å². The van der Waals surface area contributed by atoms with Crippen LogP contribution >= 0.6 is 0 Å². The van der Waals surface area contributed by atoms with Gasteiger partial charge in [-0.25, -0.2) is 4.39 Å². The van der Waals surface area contributed by atoms with Gasteiger partial charge in [-0.2, -0.15) is 0 Å². The highest BCUT2D eigenvalue weighted by molar-refractivity contribution is 6.04. The zero-order chi connectivity index (χ0) is 18.0. The average Bonchev–Trinajstić information content (AvgIpc) is 2.60. The van der Waals surface area contributed by atoms with E-state index in [1.807, 2.05) is 4.90 Å². The number of benzene rings is 1. The molecule has 0 atom stereocenters. The van der Waals surface area contributed by atoms with Gasteiger partial charge in [0.25, 0.3) is 11.5 Å². The number of aromatic nitrogens is 1. The van der Waals surface area contributed by atoms with Crippen LogP contribution < -0.4 is 15.8 Å². The third kappa shape index (κ3) is 3.57. The van der Waals surface area contributed by atoms with E-state index >= 15 is 0 Å². The molecule has 1 saturated heterocycles. The van der Waals surface area contributed by atoms with Crippen LogP contribution in [0.4, 0.5) is 15.8 Å². The minimum absolute atomic E-state index is 0.0358. The Labute approximate surface area is 146 Å².